The van der Waals surface area contributed by atoms with Gasteiger partial charge >= 0.3 is 12.1 Å². The van der Waals surface area contributed by atoms with Crippen molar-refractivity contribution in [2.24, 2.45) is 0 Å². The maximum atomic E-state index is 13.5. The van der Waals surface area contributed by atoms with Crippen molar-refractivity contribution in [2.45, 2.75) is 37.8 Å². The Morgan fingerprint density at radius 1 is 1.32 bits per heavy atom. The highest BCUT2D eigenvalue weighted by Gasteiger charge is 2.44. The zero-order valence-corrected chi connectivity index (χ0v) is 16.9. The van der Waals surface area contributed by atoms with E-state index in [1.807, 2.05) is 13.8 Å². The van der Waals surface area contributed by atoms with Gasteiger partial charge in [0.2, 0.25) is 5.91 Å². The van der Waals surface area contributed by atoms with E-state index in [2.05, 4.69) is 20.4 Å². The highest BCUT2D eigenvalue weighted by molar-refractivity contribution is 6.29. The Kier molecular flexibility index (Phi) is 4.69. The first-order chi connectivity index (χ1) is 14.4. The van der Waals surface area contributed by atoms with Gasteiger partial charge in [-0.15, -0.1) is 0 Å². The number of aromatic carboxylic acids is 1. The highest BCUT2D eigenvalue weighted by Crippen LogP contribution is 2.46. The summed E-state index contributed by atoms with van der Waals surface area (Å²) in [7, 11) is 0. The Labute approximate surface area is 178 Å². The molecule has 3 heterocycles. The van der Waals surface area contributed by atoms with Crippen LogP contribution in [0.3, 0.4) is 0 Å². The van der Waals surface area contributed by atoms with Gasteiger partial charge in [0.15, 0.2) is 16.5 Å². The molecule has 1 amide bonds. The molecule has 2 N–H and O–H groups in total. The molecule has 3 aromatic rings. The molecule has 0 aromatic carbocycles. The molecule has 1 atom stereocenters. The topological polar surface area (TPSA) is 109 Å². The smallest absolute Gasteiger partial charge is 0.420 e. The number of halogens is 4. The van der Waals surface area contributed by atoms with Crippen LogP contribution >= 0.6 is 11.6 Å². The second-order valence-electron chi connectivity index (χ2n) is 7.81. The summed E-state index contributed by atoms with van der Waals surface area (Å²) in [5.74, 6) is -3.40. The van der Waals surface area contributed by atoms with Gasteiger partial charge in [-0.2, -0.15) is 18.3 Å². The average Bonchev–Trinajstić information content (AvgIpc) is 3.16. The van der Waals surface area contributed by atoms with Crippen molar-refractivity contribution in [1.82, 2.24) is 19.6 Å². The van der Waals surface area contributed by atoms with E-state index in [0.29, 0.717) is 16.9 Å². The number of fused-ring (bicyclic) bond motifs is 3. The molecule has 0 saturated heterocycles. The van der Waals surface area contributed by atoms with Crippen LogP contribution < -0.4 is 5.32 Å². The number of aromatic nitrogens is 4. The first-order valence-corrected chi connectivity index (χ1v) is 9.43. The summed E-state index contributed by atoms with van der Waals surface area (Å²) < 4.78 is 42.2. The Bertz CT molecular complexity index is 1240. The lowest BCUT2D eigenvalue weighted by Crippen LogP contribution is -2.25. The number of hydrogen-bond acceptors (Lipinski definition) is 5. The minimum atomic E-state index is -5.03. The third-order valence-corrected chi connectivity index (χ3v) is 5.41. The Morgan fingerprint density at radius 3 is 2.68 bits per heavy atom. The van der Waals surface area contributed by atoms with Crippen LogP contribution in [0.25, 0.3) is 5.65 Å². The number of carboxylic acids is 1. The molecule has 31 heavy (non-hydrogen) atoms. The second kappa shape index (κ2) is 6.91. The summed E-state index contributed by atoms with van der Waals surface area (Å²) in [6.07, 6.45) is -2.36. The molecule has 8 nitrogen and oxygen atoms in total. The summed E-state index contributed by atoms with van der Waals surface area (Å²) in [5, 5.41) is 15.8. The van der Waals surface area contributed by atoms with Crippen molar-refractivity contribution in [3.63, 3.8) is 0 Å². The lowest BCUT2D eigenvalue weighted by atomic mass is 9.88. The predicted molar refractivity (Wildman–Crippen MR) is 103 cm³/mol. The fourth-order valence-corrected chi connectivity index (χ4v) is 4.21. The van der Waals surface area contributed by atoms with Crippen molar-refractivity contribution >= 4 is 34.8 Å². The molecule has 0 spiro atoms. The maximum Gasteiger partial charge on any atom is 0.420 e. The highest BCUT2D eigenvalue weighted by atomic mass is 35.5. The molecule has 162 valence electrons. The van der Waals surface area contributed by atoms with Crippen LogP contribution in [0.5, 0.6) is 0 Å². The van der Waals surface area contributed by atoms with Gasteiger partial charge in [-0.25, -0.2) is 19.3 Å². The number of anilines is 1. The standard InChI is InChI=1S/C19H15ClF3N5O3/c1-18(2)6-8(9-7-25-12-5-11(20)27-28(12)15(9)18)16(29)26-10-3-4-24-14(17(30)31)13(10)19(21,22)23/h3-5,7-8H,6H2,1-2H3,(H,30,31)(H,24,26,29). The van der Waals surface area contributed by atoms with Crippen LogP contribution in [0, 0.1) is 0 Å². The maximum absolute atomic E-state index is 13.5. The first-order valence-electron chi connectivity index (χ1n) is 9.05. The van der Waals surface area contributed by atoms with Crippen LogP contribution in [-0.2, 0) is 16.4 Å². The minimum Gasteiger partial charge on any atom is -0.476 e. The zero-order valence-electron chi connectivity index (χ0n) is 16.2. The molecule has 1 aliphatic carbocycles. The number of hydrogen-bond donors (Lipinski definition) is 2. The number of nitrogens with zero attached hydrogens (tertiary/aromatic N) is 4. The summed E-state index contributed by atoms with van der Waals surface area (Å²) in [6.45, 7) is 3.76. The van der Waals surface area contributed by atoms with Gasteiger partial charge in [0, 0.05) is 29.4 Å². The van der Waals surface area contributed by atoms with Crippen molar-refractivity contribution in [3.05, 3.63) is 52.2 Å². The predicted octanol–water partition coefficient (Wildman–Crippen LogP) is 3.90. The third-order valence-electron chi connectivity index (χ3n) is 5.22. The van der Waals surface area contributed by atoms with Crippen molar-refractivity contribution in [3.8, 4) is 0 Å². The van der Waals surface area contributed by atoms with Crippen molar-refractivity contribution in [2.75, 3.05) is 5.32 Å². The van der Waals surface area contributed by atoms with E-state index < -0.39 is 46.3 Å². The average molecular weight is 454 g/mol. The minimum absolute atomic E-state index is 0.220. The van der Waals surface area contributed by atoms with Crippen molar-refractivity contribution < 1.29 is 27.9 Å². The molecular weight excluding hydrogens is 439 g/mol. The zero-order chi connectivity index (χ0) is 22.7. The van der Waals surface area contributed by atoms with Gasteiger partial charge in [-0.3, -0.25) is 4.79 Å². The molecule has 4 rings (SSSR count). The van der Waals surface area contributed by atoms with Crippen LogP contribution in [-0.4, -0.2) is 36.6 Å². The van der Waals surface area contributed by atoms with Crippen LogP contribution in [0.15, 0.2) is 24.5 Å². The van der Waals surface area contributed by atoms with E-state index in [9.17, 15) is 22.8 Å². The molecule has 12 heteroatoms. The summed E-state index contributed by atoms with van der Waals surface area (Å²) in [6, 6.07) is 2.48. The molecule has 1 aliphatic rings. The van der Waals surface area contributed by atoms with Crippen LogP contribution in [0.2, 0.25) is 5.15 Å². The fourth-order valence-electron chi connectivity index (χ4n) is 4.04. The van der Waals surface area contributed by atoms with Gasteiger partial charge in [0.25, 0.3) is 0 Å². The summed E-state index contributed by atoms with van der Waals surface area (Å²) >= 11 is 5.97. The molecule has 3 aromatic heterocycles. The van der Waals surface area contributed by atoms with E-state index in [4.69, 9.17) is 16.7 Å². The quantitative estimate of drug-likeness (QED) is 0.622. The van der Waals surface area contributed by atoms with E-state index in [0.717, 1.165) is 12.3 Å². The molecule has 0 bridgehead atoms. The lowest BCUT2D eigenvalue weighted by Gasteiger charge is -2.20. The Morgan fingerprint density at radius 2 is 2.03 bits per heavy atom. The lowest BCUT2D eigenvalue weighted by molar-refractivity contribution is -0.137. The monoisotopic (exact) mass is 453 g/mol. The largest absolute Gasteiger partial charge is 0.476 e. The number of nitrogens with one attached hydrogen (secondary N) is 1. The van der Waals surface area contributed by atoms with E-state index >= 15 is 0 Å². The van der Waals surface area contributed by atoms with Crippen LogP contribution in [0.4, 0.5) is 18.9 Å². The summed E-state index contributed by atoms with van der Waals surface area (Å²) in [4.78, 5) is 31.8. The first kappa shape index (κ1) is 21.0. The Balaban J connectivity index is 1.76. The molecule has 0 radical (unpaired) electrons. The number of carbonyl (C=O) groups is 2. The normalized spacial score (nSPS) is 17.5. The number of carboxylic acid groups (broad SMARTS) is 1. The van der Waals surface area contributed by atoms with Crippen LogP contribution in [0.1, 0.15) is 53.5 Å². The SMILES string of the molecule is CC1(C)CC(C(=O)Nc2ccnc(C(=O)O)c2C(F)(F)F)c2cnc3cc(Cl)nn3c21. The van der Waals surface area contributed by atoms with Gasteiger partial charge in [0.05, 0.1) is 17.3 Å². The number of carbonyl (C=O) groups excluding carboxylic acids is 1. The molecule has 0 aliphatic heterocycles. The molecule has 0 saturated carbocycles. The Hall–Kier alpha value is -3.21. The van der Waals surface area contributed by atoms with E-state index in [-0.39, 0.29) is 11.6 Å². The van der Waals surface area contributed by atoms with Gasteiger partial charge in [0.1, 0.15) is 5.56 Å². The second-order valence-corrected chi connectivity index (χ2v) is 8.20. The number of amides is 1. The van der Waals surface area contributed by atoms with Gasteiger partial charge in [-0.1, -0.05) is 25.4 Å². The summed E-state index contributed by atoms with van der Waals surface area (Å²) in [5.41, 5.74) is -2.25. The number of pyridine rings is 1. The van der Waals surface area contributed by atoms with Gasteiger partial charge < -0.3 is 10.4 Å². The third kappa shape index (κ3) is 3.48. The van der Waals surface area contributed by atoms with Crippen molar-refractivity contribution in [1.29, 1.82) is 0 Å². The van der Waals surface area contributed by atoms with E-state index in [1.165, 1.54) is 10.7 Å². The van der Waals surface area contributed by atoms with Gasteiger partial charge in [-0.05, 0) is 12.5 Å². The molecular formula is C19H15ClF3N5O3. The number of alkyl halides is 3. The molecule has 1 unspecified atom stereocenters. The van der Waals surface area contributed by atoms with E-state index in [1.54, 1.807) is 6.07 Å². The molecule has 0 fully saturated rings. The number of rotatable bonds is 3. The fraction of sp³-hybridized carbons (Fsp3) is 0.316.